The van der Waals surface area contributed by atoms with Crippen molar-refractivity contribution in [3.63, 3.8) is 0 Å². The second kappa shape index (κ2) is 8.44. The third kappa shape index (κ3) is 4.42. The molecule has 2 aromatic rings. The minimum absolute atomic E-state index is 0. The summed E-state index contributed by atoms with van der Waals surface area (Å²) < 4.78 is 0. The quantitative estimate of drug-likeness (QED) is 0.309. The van der Waals surface area contributed by atoms with E-state index in [4.69, 9.17) is 0 Å². The average molecular weight is 443 g/mol. The first-order chi connectivity index (χ1) is 12.4. The monoisotopic (exact) mass is 442 g/mol. The van der Waals surface area contributed by atoms with Crippen molar-refractivity contribution in [1.29, 1.82) is 0 Å². The van der Waals surface area contributed by atoms with Crippen LogP contribution in [0.5, 0.6) is 0 Å². The highest BCUT2D eigenvalue weighted by molar-refractivity contribution is 8.93. The molecule has 1 aromatic carbocycles. The summed E-state index contributed by atoms with van der Waals surface area (Å²) in [5.41, 5.74) is -1.12. The van der Waals surface area contributed by atoms with Crippen LogP contribution in [0.25, 0.3) is 11.0 Å². The molecule has 4 N–H and O–H groups in total. The minimum Gasteiger partial charge on any atom is -0.481 e. The normalized spacial score (nSPS) is 19.4. The molecule has 0 radical (unpaired) electrons. The standard InChI is InChI=1S/C16H18N4O6.BrH/c21-14-15(22)19-13-8(5-9(20(25)26)6-12(13)18-14)7-17-11-4-2-1-3-10(11)16(23)24;/h5-6,10-11,17H,1-4,7H2,(H,18,21)(H,19,22)(H,23,24);1H/t10-,11+;/m0./s1. The minimum atomic E-state index is -0.893. The van der Waals surface area contributed by atoms with Gasteiger partial charge in [0.15, 0.2) is 0 Å². The number of halogens is 1. The van der Waals surface area contributed by atoms with Crippen molar-refractivity contribution < 1.29 is 14.8 Å². The van der Waals surface area contributed by atoms with Gasteiger partial charge in [-0.25, -0.2) is 0 Å². The Kier molecular flexibility index (Phi) is 6.50. The Labute approximate surface area is 162 Å². The van der Waals surface area contributed by atoms with Crippen LogP contribution in [0.2, 0.25) is 0 Å². The lowest BCUT2D eigenvalue weighted by molar-refractivity contribution is -0.384. The van der Waals surface area contributed by atoms with Gasteiger partial charge in [0.1, 0.15) is 0 Å². The van der Waals surface area contributed by atoms with Crippen LogP contribution in [0.4, 0.5) is 5.69 Å². The number of nitro groups is 1. The molecule has 1 aliphatic rings. The van der Waals surface area contributed by atoms with Crippen molar-refractivity contribution in [1.82, 2.24) is 15.3 Å². The topological polar surface area (TPSA) is 158 Å². The second-order valence-corrected chi connectivity index (χ2v) is 6.41. The highest BCUT2D eigenvalue weighted by atomic mass is 79.9. The number of aliphatic carboxylic acids is 1. The number of aromatic amines is 2. The summed E-state index contributed by atoms with van der Waals surface area (Å²) >= 11 is 0. The zero-order valence-corrected chi connectivity index (χ0v) is 15.9. The van der Waals surface area contributed by atoms with Crippen molar-refractivity contribution in [2.45, 2.75) is 38.3 Å². The number of hydrogen-bond donors (Lipinski definition) is 4. The third-order valence-electron chi connectivity index (χ3n) is 4.75. The summed E-state index contributed by atoms with van der Waals surface area (Å²) in [7, 11) is 0. The predicted octanol–water partition coefficient (Wildman–Crippen LogP) is 1.44. The number of H-pyrrole nitrogens is 2. The number of carboxylic acids is 1. The highest BCUT2D eigenvalue weighted by Crippen LogP contribution is 2.26. The van der Waals surface area contributed by atoms with Crippen molar-refractivity contribution in [2.24, 2.45) is 5.92 Å². The van der Waals surface area contributed by atoms with Crippen LogP contribution < -0.4 is 16.4 Å². The van der Waals surface area contributed by atoms with Crippen LogP contribution in [0.3, 0.4) is 0 Å². The smallest absolute Gasteiger partial charge is 0.314 e. The number of rotatable bonds is 5. The first kappa shape index (κ1) is 20.8. The van der Waals surface area contributed by atoms with Gasteiger partial charge in [-0.2, -0.15) is 0 Å². The molecule has 0 bridgehead atoms. The molecule has 2 atom stereocenters. The number of nitro benzene ring substituents is 1. The van der Waals surface area contributed by atoms with Crippen LogP contribution >= 0.6 is 17.0 Å². The molecule has 1 heterocycles. The van der Waals surface area contributed by atoms with Crippen LogP contribution in [0.15, 0.2) is 21.7 Å². The number of fused-ring (bicyclic) bond motifs is 1. The van der Waals surface area contributed by atoms with E-state index >= 15 is 0 Å². The lowest BCUT2D eigenvalue weighted by atomic mass is 9.84. The van der Waals surface area contributed by atoms with E-state index in [1.54, 1.807) is 0 Å². The van der Waals surface area contributed by atoms with E-state index < -0.39 is 27.9 Å². The Morgan fingerprint density at radius 2 is 1.89 bits per heavy atom. The Morgan fingerprint density at radius 3 is 2.56 bits per heavy atom. The van der Waals surface area contributed by atoms with Crippen molar-refractivity contribution >= 4 is 39.7 Å². The molecule has 1 aliphatic carbocycles. The molecule has 10 nitrogen and oxygen atoms in total. The fourth-order valence-electron chi connectivity index (χ4n) is 3.44. The molecule has 27 heavy (non-hydrogen) atoms. The molecule has 0 amide bonds. The van der Waals surface area contributed by atoms with Crippen LogP contribution in [-0.2, 0) is 11.3 Å². The fourth-order valence-corrected chi connectivity index (χ4v) is 3.44. The molecule has 11 heteroatoms. The van der Waals surface area contributed by atoms with Gasteiger partial charge in [0.25, 0.3) is 5.69 Å². The second-order valence-electron chi connectivity index (χ2n) is 6.41. The molecule has 0 unspecified atom stereocenters. The van der Waals surface area contributed by atoms with E-state index in [2.05, 4.69) is 15.3 Å². The largest absolute Gasteiger partial charge is 0.481 e. The number of aromatic nitrogens is 2. The molecular formula is C16H19BrN4O6. The Morgan fingerprint density at radius 1 is 1.22 bits per heavy atom. The summed E-state index contributed by atoms with van der Waals surface area (Å²) in [6.07, 6.45) is 3.02. The average Bonchev–Trinajstić information content (AvgIpc) is 2.60. The molecule has 146 valence electrons. The van der Waals surface area contributed by atoms with Crippen molar-refractivity contribution in [3.8, 4) is 0 Å². The zero-order chi connectivity index (χ0) is 18.8. The maximum absolute atomic E-state index is 11.6. The van der Waals surface area contributed by atoms with E-state index in [0.717, 1.165) is 12.8 Å². The number of carbonyl (C=O) groups is 1. The van der Waals surface area contributed by atoms with E-state index in [0.29, 0.717) is 18.4 Å². The van der Waals surface area contributed by atoms with Crippen LogP contribution in [0, 0.1) is 16.0 Å². The van der Waals surface area contributed by atoms with Gasteiger partial charge >= 0.3 is 17.1 Å². The van der Waals surface area contributed by atoms with Gasteiger partial charge in [0.05, 0.1) is 21.9 Å². The third-order valence-corrected chi connectivity index (χ3v) is 4.75. The van der Waals surface area contributed by atoms with Crippen LogP contribution in [-0.4, -0.2) is 32.0 Å². The number of nitrogens with zero attached hydrogens (tertiary/aromatic N) is 1. The molecular weight excluding hydrogens is 424 g/mol. The zero-order valence-electron chi connectivity index (χ0n) is 14.2. The maximum atomic E-state index is 11.6. The summed E-state index contributed by atoms with van der Waals surface area (Å²) in [5, 5.41) is 23.6. The maximum Gasteiger partial charge on any atom is 0.314 e. The molecule has 1 aromatic heterocycles. The Balaban J connectivity index is 0.00000261. The molecule has 0 saturated heterocycles. The van der Waals surface area contributed by atoms with Gasteiger partial charge in [0.2, 0.25) is 0 Å². The number of non-ortho nitro benzene ring substituents is 1. The SMILES string of the molecule is Br.O=C(O)[C@H]1CCCC[C@H]1NCc1cc([N+](=O)[O-])cc2[nH]c(=O)c(=O)[nH]c12. The molecule has 1 saturated carbocycles. The number of benzene rings is 1. The first-order valence-electron chi connectivity index (χ1n) is 8.26. The van der Waals surface area contributed by atoms with Crippen LogP contribution in [0.1, 0.15) is 31.2 Å². The van der Waals surface area contributed by atoms with E-state index in [-0.39, 0.29) is 46.3 Å². The Hall–Kier alpha value is -2.53. The van der Waals surface area contributed by atoms with Gasteiger partial charge in [0, 0.05) is 24.7 Å². The summed E-state index contributed by atoms with van der Waals surface area (Å²) in [6.45, 7) is 0.134. The molecule has 3 rings (SSSR count). The Bertz CT molecular complexity index is 985. The van der Waals surface area contributed by atoms with Gasteiger partial charge in [-0.05, 0) is 18.4 Å². The van der Waals surface area contributed by atoms with Gasteiger partial charge in [-0.15, -0.1) is 17.0 Å². The molecule has 0 spiro atoms. The first-order valence-corrected chi connectivity index (χ1v) is 8.26. The van der Waals surface area contributed by atoms with Crippen molar-refractivity contribution in [3.05, 3.63) is 48.5 Å². The highest BCUT2D eigenvalue weighted by Gasteiger charge is 2.30. The predicted molar refractivity (Wildman–Crippen MR) is 102 cm³/mol. The summed E-state index contributed by atoms with van der Waals surface area (Å²) in [5.74, 6) is -1.39. The molecule has 1 fully saturated rings. The van der Waals surface area contributed by atoms with Gasteiger partial charge < -0.3 is 20.4 Å². The number of carboxylic acid groups (broad SMARTS) is 1. The summed E-state index contributed by atoms with van der Waals surface area (Å²) in [4.78, 5) is 49.8. The van der Waals surface area contributed by atoms with E-state index in [1.165, 1.54) is 12.1 Å². The van der Waals surface area contributed by atoms with E-state index in [1.807, 2.05) is 0 Å². The fraction of sp³-hybridized carbons (Fsp3) is 0.438. The lowest BCUT2D eigenvalue weighted by Crippen LogP contribution is -2.42. The number of hydrogen-bond acceptors (Lipinski definition) is 6. The van der Waals surface area contributed by atoms with Gasteiger partial charge in [-0.3, -0.25) is 24.5 Å². The van der Waals surface area contributed by atoms with Crippen molar-refractivity contribution in [2.75, 3.05) is 0 Å². The number of nitrogens with one attached hydrogen (secondary N) is 3. The lowest BCUT2D eigenvalue weighted by Gasteiger charge is -2.29. The van der Waals surface area contributed by atoms with E-state index in [9.17, 15) is 29.6 Å². The van der Waals surface area contributed by atoms with Gasteiger partial charge in [-0.1, -0.05) is 12.8 Å². The molecule has 0 aliphatic heterocycles. The summed E-state index contributed by atoms with van der Waals surface area (Å²) in [6, 6.07) is 2.23.